The van der Waals surface area contributed by atoms with Crippen LogP contribution in [0, 0.1) is 0 Å². The zero-order valence-corrected chi connectivity index (χ0v) is 21.2. The average molecular weight is 453 g/mol. The van der Waals surface area contributed by atoms with Crippen LogP contribution in [0.25, 0.3) is 21.5 Å². The van der Waals surface area contributed by atoms with Crippen molar-refractivity contribution in [1.29, 1.82) is 0 Å². The van der Waals surface area contributed by atoms with Crippen LogP contribution >= 0.6 is 0 Å². The molecule has 0 fully saturated rings. The van der Waals surface area contributed by atoms with Crippen molar-refractivity contribution >= 4 is 21.5 Å². The molecule has 0 saturated heterocycles. The van der Waals surface area contributed by atoms with Gasteiger partial charge in [0.15, 0.2) is 0 Å². The fourth-order valence-electron chi connectivity index (χ4n) is 5.78. The van der Waals surface area contributed by atoms with Crippen molar-refractivity contribution in [2.45, 2.75) is 64.2 Å². The Morgan fingerprint density at radius 2 is 1.59 bits per heavy atom. The van der Waals surface area contributed by atoms with Crippen LogP contribution in [0.3, 0.4) is 0 Å². The minimum atomic E-state index is 0.205. The van der Waals surface area contributed by atoms with Crippen LogP contribution in [0.2, 0.25) is 0 Å². The molecule has 34 heavy (non-hydrogen) atoms. The second-order valence-electron chi connectivity index (χ2n) is 10.8. The molecule has 0 amide bonds. The summed E-state index contributed by atoms with van der Waals surface area (Å²) in [5.74, 6) is 2.38. The summed E-state index contributed by atoms with van der Waals surface area (Å²) in [5, 5.41) is 4.91. The fourth-order valence-corrected chi connectivity index (χ4v) is 5.78. The van der Waals surface area contributed by atoms with Crippen molar-refractivity contribution in [2.24, 2.45) is 0 Å². The Hall–Kier alpha value is -3.00. The Balaban J connectivity index is 1.50. The Labute approximate surface area is 203 Å². The minimum Gasteiger partial charge on any atom is -0.496 e. The highest BCUT2D eigenvalue weighted by atomic mass is 16.5. The lowest BCUT2D eigenvalue weighted by Gasteiger charge is -2.28. The van der Waals surface area contributed by atoms with Crippen LogP contribution in [0.5, 0.6) is 11.5 Å². The Bertz CT molecular complexity index is 1330. The van der Waals surface area contributed by atoms with E-state index in [9.17, 15) is 0 Å². The lowest BCUT2D eigenvalue weighted by Crippen LogP contribution is -2.12. The van der Waals surface area contributed by atoms with Crippen molar-refractivity contribution in [3.05, 3.63) is 82.9 Å². The average Bonchev–Trinajstić information content (AvgIpc) is 2.85. The molecule has 1 aliphatic rings. The second kappa shape index (κ2) is 8.98. The van der Waals surface area contributed by atoms with Gasteiger partial charge in [0.05, 0.1) is 19.6 Å². The molecule has 0 saturated carbocycles. The van der Waals surface area contributed by atoms with E-state index in [4.69, 9.17) is 9.47 Å². The first-order chi connectivity index (χ1) is 16.4. The first-order valence-corrected chi connectivity index (χ1v) is 12.6. The number of rotatable bonds is 5. The minimum absolute atomic E-state index is 0.205. The zero-order chi connectivity index (χ0) is 23.9. The zero-order valence-electron chi connectivity index (χ0n) is 21.2. The number of ether oxygens (including phenoxy) is 2. The summed E-state index contributed by atoms with van der Waals surface area (Å²) >= 11 is 0. The maximum Gasteiger partial charge on any atom is 0.131 e. The van der Waals surface area contributed by atoms with Gasteiger partial charge in [0, 0.05) is 0 Å². The molecule has 2 nitrogen and oxygen atoms in total. The molecule has 0 spiro atoms. The molecule has 4 aromatic carbocycles. The summed E-state index contributed by atoms with van der Waals surface area (Å²) < 4.78 is 11.5. The van der Waals surface area contributed by atoms with Crippen molar-refractivity contribution in [2.75, 3.05) is 14.2 Å². The monoisotopic (exact) mass is 452 g/mol. The molecule has 2 heteroatoms. The number of methoxy groups -OCH3 is 2. The fraction of sp³-hybridized carbons (Fsp3) is 0.375. The topological polar surface area (TPSA) is 18.5 Å². The Kier molecular flexibility index (Phi) is 6.02. The summed E-state index contributed by atoms with van der Waals surface area (Å²) in [4.78, 5) is 0. The molecule has 1 unspecified atom stereocenters. The molecule has 0 bridgehead atoms. The quantitative estimate of drug-likeness (QED) is 0.283. The SMILES string of the molecule is COc1cccc2c1c(OC)cc1c3c(ccc12)C(CCc1ccc(C(C)(C)C)cc1)CCC3. The number of hydrogen-bond donors (Lipinski definition) is 0. The third-order valence-corrected chi connectivity index (χ3v) is 7.69. The Morgan fingerprint density at radius 1 is 0.824 bits per heavy atom. The van der Waals surface area contributed by atoms with Gasteiger partial charge in [-0.2, -0.15) is 0 Å². The van der Waals surface area contributed by atoms with Gasteiger partial charge in [0.1, 0.15) is 11.5 Å². The van der Waals surface area contributed by atoms with E-state index in [0.717, 1.165) is 29.7 Å². The highest BCUT2D eigenvalue weighted by Gasteiger charge is 2.24. The van der Waals surface area contributed by atoms with Gasteiger partial charge in [-0.1, -0.05) is 69.3 Å². The van der Waals surface area contributed by atoms with Crippen LogP contribution in [0.15, 0.2) is 60.7 Å². The molecular formula is C32H36O2. The van der Waals surface area contributed by atoms with Crippen LogP contribution in [-0.4, -0.2) is 14.2 Å². The highest BCUT2D eigenvalue weighted by molar-refractivity contribution is 6.13. The molecule has 4 aromatic rings. The lowest BCUT2D eigenvalue weighted by molar-refractivity contribution is 0.405. The van der Waals surface area contributed by atoms with Gasteiger partial charge in [-0.15, -0.1) is 0 Å². The lowest BCUT2D eigenvalue weighted by atomic mass is 9.77. The summed E-state index contributed by atoms with van der Waals surface area (Å²) in [6.45, 7) is 6.83. The van der Waals surface area contributed by atoms with Crippen LogP contribution in [0.4, 0.5) is 0 Å². The van der Waals surface area contributed by atoms with E-state index in [1.165, 1.54) is 57.7 Å². The van der Waals surface area contributed by atoms with Crippen LogP contribution in [-0.2, 0) is 18.3 Å². The van der Waals surface area contributed by atoms with E-state index in [2.05, 4.69) is 75.4 Å². The van der Waals surface area contributed by atoms with Gasteiger partial charge in [-0.25, -0.2) is 0 Å². The van der Waals surface area contributed by atoms with Gasteiger partial charge < -0.3 is 9.47 Å². The normalized spacial score (nSPS) is 16.0. The Morgan fingerprint density at radius 3 is 2.29 bits per heavy atom. The largest absolute Gasteiger partial charge is 0.496 e. The number of aryl methyl sites for hydroxylation is 2. The van der Waals surface area contributed by atoms with Gasteiger partial charge >= 0.3 is 0 Å². The number of hydrogen-bond acceptors (Lipinski definition) is 2. The third kappa shape index (κ3) is 4.04. The number of benzene rings is 4. The van der Waals surface area contributed by atoms with Gasteiger partial charge in [0.2, 0.25) is 0 Å². The summed E-state index contributed by atoms with van der Waals surface area (Å²) in [7, 11) is 3.49. The molecule has 0 radical (unpaired) electrons. The molecule has 0 aliphatic heterocycles. The highest BCUT2D eigenvalue weighted by Crippen LogP contribution is 2.44. The predicted octanol–water partition coefficient (Wildman–Crippen LogP) is 8.36. The molecule has 0 heterocycles. The van der Waals surface area contributed by atoms with Crippen molar-refractivity contribution < 1.29 is 9.47 Å². The maximum atomic E-state index is 5.85. The molecular weight excluding hydrogens is 416 g/mol. The van der Waals surface area contributed by atoms with Gasteiger partial charge in [-0.05, 0) is 94.0 Å². The van der Waals surface area contributed by atoms with E-state index in [-0.39, 0.29) is 5.41 Å². The maximum absolute atomic E-state index is 5.85. The predicted molar refractivity (Wildman–Crippen MR) is 144 cm³/mol. The third-order valence-electron chi connectivity index (χ3n) is 7.69. The van der Waals surface area contributed by atoms with Crippen LogP contribution in [0.1, 0.15) is 68.2 Å². The van der Waals surface area contributed by atoms with E-state index >= 15 is 0 Å². The standard InChI is InChI=1S/C32H36O2/c1-32(2,3)23-16-13-21(14-17-23)12-15-22-8-6-9-25-24(22)18-19-26-27-10-7-11-29(33-4)31(27)30(34-5)20-28(25)26/h7,10-11,13-14,16-20,22H,6,8-9,12,15H2,1-5H3. The van der Waals surface area contributed by atoms with Gasteiger partial charge in [-0.3, -0.25) is 0 Å². The van der Waals surface area contributed by atoms with E-state index in [1.807, 2.05) is 6.07 Å². The van der Waals surface area contributed by atoms with E-state index < -0.39 is 0 Å². The molecule has 1 aliphatic carbocycles. The first kappa shape index (κ1) is 22.8. The summed E-state index contributed by atoms with van der Waals surface area (Å²) in [6, 6.07) is 22.5. The van der Waals surface area contributed by atoms with Crippen molar-refractivity contribution in [1.82, 2.24) is 0 Å². The smallest absolute Gasteiger partial charge is 0.131 e. The molecule has 5 rings (SSSR count). The first-order valence-electron chi connectivity index (χ1n) is 12.6. The summed E-state index contributed by atoms with van der Waals surface area (Å²) in [6.07, 6.45) is 5.99. The van der Waals surface area contributed by atoms with Crippen LogP contribution < -0.4 is 9.47 Å². The summed E-state index contributed by atoms with van der Waals surface area (Å²) in [5.41, 5.74) is 6.11. The van der Waals surface area contributed by atoms with Crippen molar-refractivity contribution in [3.8, 4) is 11.5 Å². The van der Waals surface area contributed by atoms with E-state index in [0.29, 0.717) is 5.92 Å². The molecule has 0 N–H and O–H groups in total. The number of fused-ring (bicyclic) bond motifs is 5. The van der Waals surface area contributed by atoms with E-state index in [1.54, 1.807) is 14.2 Å². The molecule has 0 aromatic heterocycles. The second-order valence-corrected chi connectivity index (χ2v) is 10.8. The van der Waals surface area contributed by atoms with Gasteiger partial charge in [0.25, 0.3) is 0 Å². The molecule has 1 atom stereocenters. The molecule has 176 valence electrons. The van der Waals surface area contributed by atoms with Crippen molar-refractivity contribution in [3.63, 3.8) is 0 Å².